The van der Waals surface area contributed by atoms with E-state index in [1.54, 1.807) is 18.5 Å². The summed E-state index contributed by atoms with van der Waals surface area (Å²) in [6, 6.07) is 9.64. The number of ether oxygens (including phenoxy) is 1. The Morgan fingerprint density at radius 1 is 1.00 bits per heavy atom. The van der Waals surface area contributed by atoms with E-state index in [0.717, 1.165) is 80.9 Å². The van der Waals surface area contributed by atoms with Crippen LogP contribution in [0.3, 0.4) is 0 Å². The van der Waals surface area contributed by atoms with E-state index in [-0.39, 0.29) is 35.6 Å². The van der Waals surface area contributed by atoms with Gasteiger partial charge < -0.3 is 25.2 Å². The first kappa shape index (κ1) is 39.0. The minimum absolute atomic E-state index is 0.0611. The summed E-state index contributed by atoms with van der Waals surface area (Å²) in [5, 5.41) is 15.0. The number of anilines is 4. The summed E-state index contributed by atoms with van der Waals surface area (Å²) < 4.78 is 8.93. The van der Waals surface area contributed by atoms with Crippen molar-refractivity contribution in [2.24, 2.45) is 13.0 Å². The topological polar surface area (TPSA) is 185 Å². The van der Waals surface area contributed by atoms with Gasteiger partial charge in [-0.2, -0.15) is 10.1 Å². The summed E-state index contributed by atoms with van der Waals surface area (Å²) >= 11 is 6.57. The van der Waals surface area contributed by atoms with Gasteiger partial charge in [-0.1, -0.05) is 23.7 Å². The molecule has 3 amide bonds. The summed E-state index contributed by atoms with van der Waals surface area (Å²) in [5.41, 5.74) is 3.64. The van der Waals surface area contributed by atoms with Crippen LogP contribution in [0.2, 0.25) is 5.02 Å². The number of benzene rings is 1. The maximum atomic E-state index is 13.0. The van der Waals surface area contributed by atoms with Gasteiger partial charge in [0.1, 0.15) is 10.7 Å². The van der Waals surface area contributed by atoms with Crippen molar-refractivity contribution in [3.05, 3.63) is 63.8 Å². The second-order valence-electron chi connectivity index (χ2n) is 15.1. The van der Waals surface area contributed by atoms with Gasteiger partial charge in [-0.15, -0.1) is 0 Å². The van der Waals surface area contributed by atoms with Crippen LogP contribution in [0.4, 0.5) is 23.1 Å². The number of halogens is 1. The quantitative estimate of drug-likeness (QED) is 0.166. The molecule has 7 heterocycles. The largest absolute Gasteiger partial charge is 0.478 e. The molecular formula is C40H47ClN12O5. The summed E-state index contributed by atoms with van der Waals surface area (Å²) in [7, 11) is 3.44. The van der Waals surface area contributed by atoms with Crippen molar-refractivity contribution < 1.29 is 19.1 Å². The number of carbonyl (C=O) groups excluding carboxylic acids is 3. The van der Waals surface area contributed by atoms with Gasteiger partial charge in [0.2, 0.25) is 17.8 Å². The van der Waals surface area contributed by atoms with Gasteiger partial charge in [0, 0.05) is 83.6 Å². The van der Waals surface area contributed by atoms with Crippen LogP contribution in [0.15, 0.2) is 47.5 Å². The minimum atomic E-state index is -0.426. The van der Waals surface area contributed by atoms with E-state index in [4.69, 9.17) is 26.4 Å². The highest BCUT2D eigenvalue weighted by Gasteiger charge is 2.33. The number of hydrogen-bond acceptors (Lipinski definition) is 13. The second kappa shape index (κ2) is 16.6. The molecule has 0 aliphatic carbocycles. The number of likely N-dealkylation sites (N-methyl/N-ethyl adjacent to an activating group) is 1. The van der Waals surface area contributed by atoms with Crippen LogP contribution in [0.25, 0.3) is 21.9 Å². The molecule has 8 rings (SSSR count). The van der Waals surface area contributed by atoms with Gasteiger partial charge >= 0.3 is 0 Å². The van der Waals surface area contributed by atoms with Gasteiger partial charge in [0.25, 0.3) is 11.5 Å². The lowest BCUT2D eigenvalue weighted by Crippen LogP contribution is -2.49. The lowest BCUT2D eigenvalue weighted by atomic mass is 9.92. The van der Waals surface area contributed by atoms with Crippen LogP contribution in [-0.2, 0) is 28.0 Å². The van der Waals surface area contributed by atoms with Crippen LogP contribution in [0.1, 0.15) is 44.2 Å². The van der Waals surface area contributed by atoms with E-state index >= 15 is 0 Å². The Morgan fingerprint density at radius 2 is 1.79 bits per heavy atom. The first-order chi connectivity index (χ1) is 28.1. The molecule has 0 saturated carbocycles. The number of carbonyl (C=O) groups is 3. The Bertz CT molecular complexity index is 2440. The smallest absolute Gasteiger partial charge is 0.294 e. The summed E-state index contributed by atoms with van der Waals surface area (Å²) in [5.74, 6) is 0.409. The minimum Gasteiger partial charge on any atom is -0.478 e. The number of hydrogen-bond donors (Lipinski definition) is 3. The Morgan fingerprint density at radius 3 is 2.53 bits per heavy atom. The molecular weight excluding hydrogens is 764 g/mol. The van der Waals surface area contributed by atoms with E-state index in [9.17, 15) is 19.2 Å². The fourth-order valence-electron chi connectivity index (χ4n) is 8.32. The van der Waals surface area contributed by atoms with E-state index in [1.807, 2.05) is 36.9 Å². The predicted octanol–water partition coefficient (Wildman–Crippen LogP) is 3.17. The molecule has 3 aliphatic rings. The number of piperidine rings is 2. The molecule has 4 aromatic heterocycles. The summed E-state index contributed by atoms with van der Waals surface area (Å²) in [4.78, 5) is 70.3. The van der Waals surface area contributed by atoms with E-state index in [0.29, 0.717) is 58.8 Å². The zero-order valence-electron chi connectivity index (χ0n) is 32.8. The highest BCUT2D eigenvalue weighted by molar-refractivity contribution is 6.33. The van der Waals surface area contributed by atoms with Gasteiger partial charge in [0.05, 0.1) is 40.9 Å². The van der Waals surface area contributed by atoms with Gasteiger partial charge in [-0.05, 0) is 50.3 Å². The van der Waals surface area contributed by atoms with Crippen LogP contribution in [0, 0.1) is 5.92 Å². The third-order valence-corrected chi connectivity index (χ3v) is 11.7. The molecule has 0 bridgehead atoms. The lowest BCUT2D eigenvalue weighted by molar-refractivity contribution is -0.134. The number of piperazine rings is 1. The number of aromatic nitrogens is 6. The third kappa shape index (κ3) is 7.87. The molecule has 304 valence electrons. The molecule has 3 aliphatic heterocycles. The molecule has 1 atom stereocenters. The predicted molar refractivity (Wildman–Crippen MR) is 221 cm³/mol. The molecule has 3 N–H and O–H groups in total. The fraction of sp³-hybridized carbons (Fsp3) is 0.450. The molecule has 0 spiro atoms. The highest BCUT2D eigenvalue weighted by Crippen LogP contribution is 2.36. The van der Waals surface area contributed by atoms with Crippen molar-refractivity contribution in [3.63, 3.8) is 0 Å². The molecule has 0 radical (unpaired) electrons. The lowest BCUT2D eigenvalue weighted by Gasteiger charge is -2.39. The number of para-hydroxylation sites is 1. The Kier molecular flexibility index (Phi) is 11.2. The average Bonchev–Trinajstić information content (AvgIpc) is 3.57. The molecule has 58 heavy (non-hydrogen) atoms. The number of amides is 3. The number of fused-ring (bicyclic) bond motifs is 2. The Labute approximate surface area is 339 Å². The number of nitrogens with zero attached hydrogens (tertiary/aromatic N) is 9. The van der Waals surface area contributed by atoms with Crippen LogP contribution < -0.4 is 36.0 Å². The van der Waals surface area contributed by atoms with Crippen molar-refractivity contribution in [2.75, 3.05) is 74.6 Å². The molecule has 1 aromatic carbocycles. The van der Waals surface area contributed by atoms with Crippen molar-refractivity contribution in [1.82, 2.24) is 44.8 Å². The normalized spacial score (nSPS) is 18.2. The highest BCUT2D eigenvalue weighted by atomic mass is 35.5. The molecule has 1 unspecified atom stereocenters. The van der Waals surface area contributed by atoms with E-state index < -0.39 is 5.92 Å². The monoisotopic (exact) mass is 810 g/mol. The van der Waals surface area contributed by atoms with Crippen LogP contribution >= 0.6 is 11.6 Å². The zero-order chi connectivity index (χ0) is 40.5. The number of pyridine rings is 2. The first-order valence-corrected chi connectivity index (χ1v) is 20.2. The molecule has 18 heteroatoms. The average molecular weight is 811 g/mol. The van der Waals surface area contributed by atoms with Gasteiger partial charge in [-0.25, -0.2) is 9.97 Å². The number of nitrogens with one attached hydrogen (secondary N) is 3. The van der Waals surface area contributed by atoms with Crippen LogP contribution in [0.5, 0.6) is 5.75 Å². The standard InChI is InChI=1S/C40H47ClN12O5/c1-4-53-37-25(19-31(39(53)57)58-23-33(55)42-2)18-26(20-43-37)45-36-29(41)21-44-40(47-36)52-16-14-50(15-17-52)22-24-10-12-51(13-11-24)30-7-5-6-27-34(48-49(3)35(27)30)28-8-9-32(54)46-38(28)56/h5-7,18-21,24,28H,4,8-17,22-23H2,1-3H3,(H,42,55)(H,44,45,47)(H,46,54,56). The molecule has 5 aromatic rings. The summed E-state index contributed by atoms with van der Waals surface area (Å²) in [6.45, 7) is 8.21. The van der Waals surface area contributed by atoms with E-state index in [1.165, 1.54) is 11.6 Å². The first-order valence-electron chi connectivity index (χ1n) is 19.8. The van der Waals surface area contributed by atoms with Crippen molar-refractivity contribution in [3.8, 4) is 5.75 Å². The van der Waals surface area contributed by atoms with Crippen molar-refractivity contribution in [2.45, 2.75) is 45.1 Å². The van der Waals surface area contributed by atoms with E-state index in [2.05, 4.69) is 46.7 Å². The SMILES string of the molecule is CCn1c(=O)c(OCC(=O)NC)cc2cc(Nc3nc(N4CCN(CC5CCN(c6cccc7c(C8CCC(=O)NC8=O)nn(C)c67)CC5)CC4)ncc3Cl)cnc21. The molecule has 17 nitrogen and oxygen atoms in total. The van der Waals surface area contributed by atoms with Crippen molar-refractivity contribution >= 4 is 74.4 Å². The number of aryl methyl sites for hydroxylation is 2. The second-order valence-corrected chi connectivity index (χ2v) is 15.5. The summed E-state index contributed by atoms with van der Waals surface area (Å²) in [6.07, 6.45) is 6.18. The number of imide groups is 1. The van der Waals surface area contributed by atoms with Gasteiger partial charge in [-0.3, -0.25) is 38.6 Å². The number of rotatable bonds is 11. The Balaban J connectivity index is 0.872. The molecule has 3 saturated heterocycles. The third-order valence-electron chi connectivity index (χ3n) is 11.4. The zero-order valence-corrected chi connectivity index (χ0v) is 33.6. The van der Waals surface area contributed by atoms with Crippen LogP contribution in [-0.4, -0.2) is 111 Å². The van der Waals surface area contributed by atoms with Crippen molar-refractivity contribution in [1.29, 1.82) is 0 Å². The Hall–Kier alpha value is -5.81. The van der Waals surface area contributed by atoms with Gasteiger partial charge in [0.15, 0.2) is 18.2 Å². The fourth-order valence-corrected chi connectivity index (χ4v) is 8.45. The molecule has 3 fully saturated rings. The maximum Gasteiger partial charge on any atom is 0.294 e. The maximum absolute atomic E-state index is 13.0.